The minimum absolute atomic E-state index is 0.0149. The molecule has 0 aliphatic carbocycles. The van der Waals surface area contributed by atoms with E-state index in [-0.39, 0.29) is 12.2 Å². The van der Waals surface area contributed by atoms with Gasteiger partial charge in [-0.2, -0.15) is 5.26 Å². The molecule has 4 heteroatoms. The number of esters is 1. The molecule has 0 unspecified atom stereocenters. The molecule has 0 heterocycles. The molecule has 0 spiro atoms. The number of methoxy groups -OCH3 is 1. The van der Waals surface area contributed by atoms with Crippen LogP contribution in [0.2, 0.25) is 0 Å². The highest BCUT2D eigenvalue weighted by molar-refractivity contribution is 5.74. The summed E-state index contributed by atoms with van der Waals surface area (Å²) in [6.07, 6.45) is 0.560. The van der Waals surface area contributed by atoms with Crippen molar-refractivity contribution in [3.8, 4) is 11.8 Å². The lowest BCUT2D eigenvalue weighted by atomic mass is 9.99. The number of hydrogen-bond acceptors (Lipinski definition) is 4. The van der Waals surface area contributed by atoms with Gasteiger partial charge in [-0.1, -0.05) is 13.0 Å². The Hall–Kier alpha value is -2.02. The minimum atomic E-state index is -0.415. The Balaban J connectivity index is 3.15. The van der Waals surface area contributed by atoms with E-state index in [0.717, 1.165) is 0 Å². The normalized spacial score (nSPS) is 9.56. The number of nitriles is 1. The van der Waals surface area contributed by atoms with Crippen LogP contribution in [-0.4, -0.2) is 18.2 Å². The van der Waals surface area contributed by atoms with E-state index in [1.165, 1.54) is 7.11 Å². The van der Waals surface area contributed by atoms with Crippen LogP contribution in [0.25, 0.3) is 0 Å². The molecule has 1 aromatic carbocycles. The quantitative estimate of drug-likeness (QED) is 0.783. The second kappa shape index (κ2) is 5.17. The number of benzene rings is 1. The number of phenolic OH excluding ortho intramolecular Hbond substituents is 1. The van der Waals surface area contributed by atoms with Gasteiger partial charge in [-0.05, 0) is 12.5 Å². The van der Waals surface area contributed by atoms with Gasteiger partial charge in [0.2, 0.25) is 0 Å². The molecule has 0 atom stereocenters. The molecular weight excluding hydrogens is 206 g/mol. The van der Waals surface area contributed by atoms with Crippen LogP contribution < -0.4 is 0 Å². The summed E-state index contributed by atoms with van der Waals surface area (Å²) < 4.78 is 4.52. The van der Waals surface area contributed by atoms with Gasteiger partial charge in [0.15, 0.2) is 0 Å². The number of hydrogen-bond donors (Lipinski definition) is 1. The Morgan fingerprint density at radius 3 is 2.75 bits per heavy atom. The largest absolute Gasteiger partial charge is 0.507 e. The van der Waals surface area contributed by atoms with Gasteiger partial charge in [-0.15, -0.1) is 0 Å². The first-order valence-corrected chi connectivity index (χ1v) is 4.94. The molecule has 0 bridgehead atoms. The van der Waals surface area contributed by atoms with Crippen molar-refractivity contribution >= 4 is 5.97 Å². The van der Waals surface area contributed by atoms with Crippen molar-refractivity contribution in [1.82, 2.24) is 0 Å². The maximum atomic E-state index is 11.1. The molecule has 1 rings (SSSR count). The number of carbonyl (C=O) groups is 1. The van der Waals surface area contributed by atoms with Crippen LogP contribution in [0.3, 0.4) is 0 Å². The van der Waals surface area contributed by atoms with Crippen LogP contribution in [0.1, 0.15) is 23.6 Å². The van der Waals surface area contributed by atoms with Gasteiger partial charge in [-0.25, -0.2) is 0 Å². The van der Waals surface area contributed by atoms with Gasteiger partial charge in [0, 0.05) is 11.1 Å². The van der Waals surface area contributed by atoms with Gasteiger partial charge in [0.25, 0.3) is 0 Å². The molecule has 1 aromatic rings. The van der Waals surface area contributed by atoms with Gasteiger partial charge in [0.1, 0.15) is 5.75 Å². The molecule has 0 fully saturated rings. The number of nitrogens with zero attached hydrogens (tertiary/aromatic N) is 1. The summed E-state index contributed by atoms with van der Waals surface area (Å²) in [6.45, 7) is 1.85. The molecule has 4 nitrogen and oxygen atoms in total. The van der Waals surface area contributed by atoms with E-state index in [9.17, 15) is 9.90 Å². The summed E-state index contributed by atoms with van der Waals surface area (Å²) in [5, 5.41) is 18.7. The molecule has 0 saturated heterocycles. The topological polar surface area (TPSA) is 70.3 Å². The highest BCUT2D eigenvalue weighted by Gasteiger charge is 2.13. The summed E-state index contributed by atoms with van der Waals surface area (Å²) in [5.41, 5.74) is 1.50. The van der Waals surface area contributed by atoms with E-state index in [2.05, 4.69) is 4.74 Å². The highest BCUT2D eigenvalue weighted by Crippen LogP contribution is 2.26. The number of aromatic hydroxyl groups is 1. The van der Waals surface area contributed by atoms with Crippen molar-refractivity contribution < 1.29 is 14.6 Å². The standard InChI is InChI=1S/C12H13NO3/c1-3-10-9(7-13)5-4-8(12(10)15)6-11(14)16-2/h4-5,15H,3,6H2,1-2H3. The molecule has 0 aromatic heterocycles. The van der Waals surface area contributed by atoms with E-state index < -0.39 is 5.97 Å². The third-order valence-electron chi connectivity index (χ3n) is 2.40. The third-order valence-corrected chi connectivity index (χ3v) is 2.40. The van der Waals surface area contributed by atoms with Crippen LogP contribution >= 0.6 is 0 Å². The second-order valence-corrected chi connectivity index (χ2v) is 3.32. The van der Waals surface area contributed by atoms with Crippen molar-refractivity contribution in [3.05, 3.63) is 28.8 Å². The second-order valence-electron chi connectivity index (χ2n) is 3.32. The van der Waals surface area contributed by atoms with Gasteiger partial charge in [0.05, 0.1) is 25.2 Å². The first kappa shape index (κ1) is 12.1. The zero-order valence-corrected chi connectivity index (χ0v) is 9.28. The monoisotopic (exact) mass is 219 g/mol. The Kier molecular flexibility index (Phi) is 3.90. The fourth-order valence-electron chi connectivity index (χ4n) is 1.52. The SMILES string of the molecule is CCc1c(C#N)ccc(CC(=O)OC)c1O. The van der Waals surface area contributed by atoms with E-state index in [1.807, 2.05) is 13.0 Å². The van der Waals surface area contributed by atoms with Crippen LogP contribution in [0.4, 0.5) is 0 Å². The molecule has 0 radical (unpaired) electrons. The molecule has 0 saturated carbocycles. The molecule has 0 amide bonds. The number of rotatable bonds is 3. The van der Waals surface area contributed by atoms with Gasteiger partial charge >= 0.3 is 5.97 Å². The lowest BCUT2D eigenvalue weighted by Gasteiger charge is -2.09. The maximum absolute atomic E-state index is 11.1. The average Bonchev–Trinajstić information content (AvgIpc) is 2.31. The van der Waals surface area contributed by atoms with E-state index >= 15 is 0 Å². The first-order chi connectivity index (χ1) is 7.63. The predicted octanol–water partition coefficient (Wildman–Crippen LogP) is 1.54. The van der Waals surface area contributed by atoms with E-state index in [4.69, 9.17) is 5.26 Å². The van der Waals surface area contributed by atoms with Crippen LogP contribution in [-0.2, 0) is 22.4 Å². The van der Waals surface area contributed by atoms with Gasteiger partial charge in [-0.3, -0.25) is 4.79 Å². The maximum Gasteiger partial charge on any atom is 0.310 e. The summed E-state index contributed by atoms with van der Waals surface area (Å²) >= 11 is 0. The zero-order chi connectivity index (χ0) is 12.1. The Morgan fingerprint density at radius 2 is 2.25 bits per heavy atom. The summed E-state index contributed by atoms with van der Waals surface area (Å²) in [6, 6.07) is 5.19. The van der Waals surface area contributed by atoms with Crippen molar-refractivity contribution in [3.63, 3.8) is 0 Å². The molecule has 1 N–H and O–H groups in total. The number of ether oxygens (including phenoxy) is 1. The van der Waals surface area contributed by atoms with Gasteiger partial charge < -0.3 is 9.84 Å². The van der Waals surface area contributed by atoms with Crippen molar-refractivity contribution in [2.45, 2.75) is 19.8 Å². The van der Waals surface area contributed by atoms with Crippen LogP contribution in [0.15, 0.2) is 12.1 Å². The zero-order valence-electron chi connectivity index (χ0n) is 9.28. The summed E-state index contributed by atoms with van der Waals surface area (Å²) in [5.74, 6) is -0.394. The predicted molar refractivity (Wildman–Crippen MR) is 57.9 cm³/mol. The average molecular weight is 219 g/mol. The van der Waals surface area contributed by atoms with Crippen LogP contribution in [0.5, 0.6) is 5.75 Å². The molecule has 0 aliphatic rings. The molecule has 16 heavy (non-hydrogen) atoms. The molecular formula is C12H13NO3. The van der Waals surface area contributed by atoms with Crippen LogP contribution in [0, 0.1) is 11.3 Å². The fourth-order valence-corrected chi connectivity index (χ4v) is 1.52. The third kappa shape index (κ3) is 2.31. The Labute approximate surface area is 94.1 Å². The van der Waals surface area contributed by atoms with E-state index in [1.54, 1.807) is 12.1 Å². The number of carbonyl (C=O) groups excluding carboxylic acids is 1. The summed E-state index contributed by atoms with van der Waals surface area (Å²) in [7, 11) is 1.30. The van der Waals surface area contributed by atoms with Crippen molar-refractivity contribution in [2.24, 2.45) is 0 Å². The highest BCUT2D eigenvalue weighted by atomic mass is 16.5. The number of phenols is 1. The Morgan fingerprint density at radius 1 is 1.56 bits per heavy atom. The summed E-state index contributed by atoms with van der Waals surface area (Å²) in [4.78, 5) is 11.1. The molecule has 84 valence electrons. The smallest absolute Gasteiger partial charge is 0.310 e. The molecule has 0 aliphatic heterocycles. The minimum Gasteiger partial charge on any atom is -0.507 e. The first-order valence-electron chi connectivity index (χ1n) is 4.94. The Bertz CT molecular complexity index is 446. The van der Waals surface area contributed by atoms with E-state index in [0.29, 0.717) is 23.1 Å². The lowest BCUT2D eigenvalue weighted by molar-refractivity contribution is -0.139. The lowest BCUT2D eigenvalue weighted by Crippen LogP contribution is -2.05. The van der Waals surface area contributed by atoms with Crippen molar-refractivity contribution in [2.75, 3.05) is 7.11 Å². The van der Waals surface area contributed by atoms with Crippen molar-refractivity contribution in [1.29, 1.82) is 5.26 Å². The fraction of sp³-hybridized carbons (Fsp3) is 0.333.